The summed E-state index contributed by atoms with van der Waals surface area (Å²) >= 11 is 6.90. The minimum absolute atomic E-state index is 0.213. The smallest absolute Gasteiger partial charge is 0.209 e. The molecule has 0 radical (unpaired) electrons. The second-order valence-electron chi connectivity index (χ2n) is 6.03. The van der Waals surface area contributed by atoms with Crippen LogP contribution in [-0.2, 0) is 13.2 Å². The molecule has 7 heteroatoms. The Morgan fingerprint density at radius 2 is 1.92 bits per heavy atom. The van der Waals surface area contributed by atoms with Crippen LogP contribution in [0.25, 0.3) is 0 Å². The van der Waals surface area contributed by atoms with Crippen molar-refractivity contribution < 1.29 is 9.29 Å². The first kappa shape index (κ1) is 17.7. The zero-order valence-corrected chi connectivity index (χ0v) is 15.8. The van der Waals surface area contributed by atoms with Gasteiger partial charge in [0.05, 0.1) is 7.05 Å². The van der Waals surface area contributed by atoms with Gasteiger partial charge in [0, 0.05) is 11.3 Å². The summed E-state index contributed by atoms with van der Waals surface area (Å²) in [5, 5.41) is 8.70. The summed E-state index contributed by atoms with van der Waals surface area (Å²) in [6.07, 6.45) is 0. The summed E-state index contributed by atoms with van der Waals surface area (Å²) < 4.78 is 15.6. The maximum atomic E-state index is 13.0. The third kappa shape index (κ3) is 4.72. The van der Waals surface area contributed by atoms with Crippen LogP contribution >= 0.6 is 23.6 Å². The lowest BCUT2D eigenvalue weighted by Gasteiger charge is -2.13. The molecule has 1 atom stereocenters. The third-order valence-electron chi connectivity index (χ3n) is 3.83. The fourth-order valence-corrected chi connectivity index (χ4v) is 3.57. The molecular weight excluding hydrogens is 355 g/mol. The third-order valence-corrected chi connectivity index (χ3v) is 5.05. The van der Waals surface area contributed by atoms with Gasteiger partial charge in [-0.3, -0.25) is 0 Å². The van der Waals surface area contributed by atoms with E-state index in [1.165, 1.54) is 28.4 Å². The average Bonchev–Trinajstić information content (AvgIpc) is 2.91. The maximum absolute atomic E-state index is 13.0. The zero-order chi connectivity index (χ0) is 17.8. The van der Waals surface area contributed by atoms with Gasteiger partial charge in [-0.15, -0.1) is 5.10 Å². The second kappa shape index (κ2) is 7.86. The molecule has 0 aliphatic carbocycles. The Bertz CT molecular complexity index is 902. The Morgan fingerprint density at radius 1 is 1.20 bits per heavy atom. The second-order valence-corrected chi connectivity index (χ2v) is 7.65. The molecule has 3 rings (SSSR count). The number of nitrogens with one attached hydrogen (secondary N) is 2. The molecule has 0 bridgehead atoms. The first-order valence-electron chi connectivity index (χ1n) is 7.97. The van der Waals surface area contributed by atoms with Crippen molar-refractivity contribution in [3.63, 3.8) is 0 Å². The minimum atomic E-state index is -0.213. The van der Waals surface area contributed by atoms with Gasteiger partial charge in [-0.05, 0) is 42.9 Å². The van der Waals surface area contributed by atoms with Gasteiger partial charge < -0.3 is 10.2 Å². The van der Waals surface area contributed by atoms with Crippen molar-refractivity contribution in [3.8, 4) is 0 Å². The van der Waals surface area contributed by atoms with E-state index in [1.54, 1.807) is 0 Å². The standard InChI is InChI=1S/C18H19FN4S2/c1-13-5-3-4-6-16(13)20-17-21-23(18(24)25-17)12-22(2)11-14-7-9-15(19)10-8-14/h3-10H,11-12H2,1-2H3,(H,20,21)/p+1. The summed E-state index contributed by atoms with van der Waals surface area (Å²) in [5.74, 6) is -0.213. The summed E-state index contributed by atoms with van der Waals surface area (Å²) in [6, 6.07) is 14.7. The fourth-order valence-electron chi connectivity index (χ4n) is 2.55. The number of para-hydroxylation sites is 1. The van der Waals surface area contributed by atoms with Crippen molar-refractivity contribution >= 4 is 34.4 Å². The summed E-state index contributed by atoms with van der Waals surface area (Å²) in [4.78, 5) is 1.22. The van der Waals surface area contributed by atoms with Gasteiger partial charge in [-0.1, -0.05) is 41.7 Å². The number of aromatic nitrogens is 2. The Balaban J connectivity index is 1.67. The largest absolute Gasteiger partial charge is 0.330 e. The normalized spacial score (nSPS) is 12.1. The number of aryl methyl sites for hydroxylation is 1. The molecule has 0 spiro atoms. The molecule has 0 saturated heterocycles. The maximum Gasteiger partial charge on any atom is 0.209 e. The minimum Gasteiger partial charge on any atom is -0.330 e. The SMILES string of the molecule is Cc1ccccc1Nc1nn(C[NH+](C)Cc2ccc(F)cc2)c(=S)s1. The highest BCUT2D eigenvalue weighted by Crippen LogP contribution is 2.22. The molecule has 1 unspecified atom stereocenters. The van der Waals surface area contributed by atoms with Crippen molar-refractivity contribution in [1.82, 2.24) is 9.78 Å². The molecule has 2 N–H and O–H groups in total. The van der Waals surface area contributed by atoms with Crippen LogP contribution in [-0.4, -0.2) is 16.8 Å². The quantitative estimate of drug-likeness (QED) is 0.647. The number of halogens is 1. The van der Waals surface area contributed by atoms with Crippen LogP contribution in [0.15, 0.2) is 48.5 Å². The highest BCUT2D eigenvalue weighted by Gasteiger charge is 2.10. The number of hydrogen-bond donors (Lipinski definition) is 2. The van der Waals surface area contributed by atoms with Crippen LogP contribution < -0.4 is 10.2 Å². The van der Waals surface area contributed by atoms with Gasteiger partial charge in [0.15, 0.2) is 10.6 Å². The van der Waals surface area contributed by atoms with E-state index in [4.69, 9.17) is 12.2 Å². The lowest BCUT2D eigenvalue weighted by molar-refractivity contribution is -0.917. The van der Waals surface area contributed by atoms with E-state index in [2.05, 4.69) is 30.5 Å². The Hall–Kier alpha value is -2.09. The highest BCUT2D eigenvalue weighted by molar-refractivity contribution is 7.73. The predicted octanol–water partition coefficient (Wildman–Crippen LogP) is 3.54. The van der Waals surface area contributed by atoms with Crippen LogP contribution in [0.4, 0.5) is 15.2 Å². The van der Waals surface area contributed by atoms with E-state index in [0.717, 1.165) is 32.4 Å². The lowest BCUT2D eigenvalue weighted by atomic mass is 10.2. The molecule has 0 aliphatic rings. The molecule has 4 nitrogen and oxygen atoms in total. The monoisotopic (exact) mass is 375 g/mol. The number of hydrogen-bond acceptors (Lipinski definition) is 4. The Morgan fingerprint density at radius 3 is 2.64 bits per heavy atom. The average molecular weight is 376 g/mol. The highest BCUT2D eigenvalue weighted by atomic mass is 32.1. The number of benzene rings is 2. The van der Waals surface area contributed by atoms with Gasteiger partial charge in [0.2, 0.25) is 5.13 Å². The lowest BCUT2D eigenvalue weighted by Crippen LogP contribution is -3.07. The topological polar surface area (TPSA) is 34.3 Å². The van der Waals surface area contributed by atoms with E-state index in [9.17, 15) is 4.39 Å². The van der Waals surface area contributed by atoms with Crippen molar-refractivity contribution in [2.45, 2.75) is 20.1 Å². The van der Waals surface area contributed by atoms with Crippen molar-refractivity contribution in [2.75, 3.05) is 12.4 Å². The predicted molar refractivity (Wildman–Crippen MR) is 102 cm³/mol. The summed E-state index contributed by atoms with van der Waals surface area (Å²) in [5.41, 5.74) is 3.28. The molecule has 0 fully saturated rings. The molecule has 1 aromatic heterocycles. The number of rotatable bonds is 6. The first-order chi connectivity index (χ1) is 12.0. The molecule has 2 aromatic carbocycles. The van der Waals surface area contributed by atoms with Gasteiger partial charge in [0.25, 0.3) is 0 Å². The van der Waals surface area contributed by atoms with Crippen LogP contribution in [0.1, 0.15) is 11.1 Å². The van der Waals surface area contributed by atoms with Gasteiger partial charge in [-0.25, -0.2) is 4.39 Å². The molecule has 130 valence electrons. The van der Waals surface area contributed by atoms with Gasteiger partial charge in [-0.2, -0.15) is 4.68 Å². The summed E-state index contributed by atoms with van der Waals surface area (Å²) in [7, 11) is 2.07. The number of nitrogens with zero attached hydrogens (tertiary/aromatic N) is 2. The fraction of sp³-hybridized carbons (Fsp3) is 0.222. The van der Waals surface area contributed by atoms with Crippen molar-refractivity contribution in [2.24, 2.45) is 0 Å². The van der Waals surface area contributed by atoms with E-state index >= 15 is 0 Å². The van der Waals surface area contributed by atoms with E-state index in [0.29, 0.717) is 6.67 Å². The molecular formula is C18H20FN4S2+. The van der Waals surface area contributed by atoms with Crippen molar-refractivity contribution in [1.29, 1.82) is 0 Å². The molecule has 0 amide bonds. The molecule has 3 aromatic rings. The Kier molecular flexibility index (Phi) is 5.57. The number of anilines is 2. The zero-order valence-electron chi connectivity index (χ0n) is 14.1. The van der Waals surface area contributed by atoms with Crippen LogP contribution in [0.3, 0.4) is 0 Å². The van der Waals surface area contributed by atoms with E-state index in [1.807, 2.05) is 35.0 Å². The van der Waals surface area contributed by atoms with Crippen LogP contribution in [0.5, 0.6) is 0 Å². The number of quaternary nitrogens is 1. The van der Waals surface area contributed by atoms with E-state index < -0.39 is 0 Å². The van der Waals surface area contributed by atoms with Gasteiger partial charge in [0.1, 0.15) is 12.4 Å². The van der Waals surface area contributed by atoms with Crippen LogP contribution in [0.2, 0.25) is 0 Å². The Labute approximate surface area is 155 Å². The van der Waals surface area contributed by atoms with E-state index in [-0.39, 0.29) is 5.82 Å². The summed E-state index contributed by atoms with van der Waals surface area (Å²) in [6.45, 7) is 3.49. The molecule has 0 aliphatic heterocycles. The van der Waals surface area contributed by atoms with Gasteiger partial charge >= 0.3 is 0 Å². The first-order valence-corrected chi connectivity index (χ1v) is 9.20. The van der Waals surface area contributed by atoms with Crippen molar-refractivity contribution in [3.05, 3.63) is 69.4 Å². The molecule has 1 heterocycles. The molecule has 0 saturated carbocycles. The van der Waals surface area contributed by atoms with Crippen LogP contribution in [0, 0.1) is 16.7 Å². The molecule has 25 heavy (non-hydrogen) atoms.